The maximum atomic E-state index is 11.9. The van der Waals surface area contributed by atoms with Gasteiger partial charge in [0.1, 0.15) is 0 Å². The van der Waals surface area contributed by atoms with Crippen LogP contribution in [0.3, 0.4) is 0 Å². The summed E-state index contributed by atoms with van der Waals surface area (Å²) in [6.45, 7) is 1.23. The van der Waals surface area contributed by atoms with Crippen molar-refractivity contribution < 1.29 is 9.72 Å². The molecule has 1 amide bonds. The van der Waals surface area contributed by atoms with Crippen molar-refractivity contribution >= 4 is 11.6 Å². The van der Waals surface area contributed by atoms with E-state index in [2.05, 4.69) is 5.32 Å². The number of amides is 1. The number of nitrogens with zero attached hydrogens (tertiary/aromatic N) is 2. The monoisotopic (exact) mass is 237 g/mol. The Morgan fingerprint density at radius 3 is 2.82 bits per heavy atom. The van der Waals surface area contributed by atoms with Gasteiger partial charge in [0, 0.05) is 37.8 Å². The van der Waals surface area contributed by atoms with E-state index in [-0.39, 0.29) is 11.6 Å². The molecule has 0 saturated heterocycles. The first kappa shape index (κ1) is 13.1. The molecule has 0 spiro atoms. The zero-order chi connectivity index (χ0) is 12.8. The zero-order valence-electron chi connectivity index (χ0n) is 9.84. The quantitative estimate of drug-likeness (QED) is 0.609. The van der Waals surface area contributed by atoms with Gasteiger partial charge in [-0.2, -0.15) is 0 Å². The van der Waals surface area contributed by atoms with Crippen LogP contribution in [-0.2, 0) is 0 Å². The van der Waals surface area contributed by atoms with E-state index in [9.17, 15) is 14.9 Å². The summed E-state index contributed by atoms with van der Waals surface area (Å²) in [5, 5.41) is 13.5. The van der Waals surface area contributed by atoms with E-state index in [1.54, 1.807) is 20.2 Å². The molecule has 0 aromatic heterocycles. The van der Waals surface area contributed by atoms with Gasteiger partial charge in [-0.15, -0.1) is 0 Å². The number of nitrogens with one attached hydrogen (secondary N) is 1. The van der Waals surface area contributed by atoms with Crippen LogP contribution < -0.4 is 5.32 Å². The van der Waals surface area contributed by atoms with Gasteiger partial charge in [-0.25, -0.2) is 0 Å². The molecule has 17 heavy (non-hydrogen) atoms. The predicted octanol–water partition coefficient (Wildman–Crippen LogP) is 0.886. The molecule has 0 aliphatic heterocycles. The molecule has 0 bridgehead atoms. The lowest BCUT2D eigenvalue weighted by molar-refractivity contribution is -0.384. The fraction of sp³-hybridized carbons (Fsp3) is 0.364. The maximum Gasteiger partial charge on any atom is 0.270 e. The second-order valence-corrected chi connectivity index (χ2v) is 3.64. The van der Waals surface area contributed by atoms with Crippen LogP contribution in [0.1, 0.15) is 10.4 Å². The molecule has 0 fully saturated rings. The Labute approximate surface area is 99.4 Å². The fourth-order valence-electron chi connectivity index (χ4n) is 1.35. The minimum atomic E-state index is -0.510. The van der Waals surface area contributed by atoms with Gasteiger partial charge in [-0.05, 0) is 13.1 Å². The largest absolute Gasteiger partial charge is 0.340 e. The standard InChI is InChI=1S/C11H15N3O3/c1-12-6-7-13(2)11(15)9-4-3-5-10(8-9)14(16)17/h3-5,8,12H,6-7H2,1-2H3. The molecule has 0 heterocycles. The smallest absolute Gasteiger partial charge is 0.270 e. The number of rotatable bonds is 5. The number of hydrogen-bond donors (Lipinski definition) is 1. The average molecular weight is 237 g/mol. The number of non-ortho nitro benzene ring substituents is 1. The average Bonchev–Trinajstić information content (AvgIpc) is 2.35. The molecule has 1 N–H and O–H groups in total. The van der Waals surface area contributed by atoms with Crippen LogP contribution in [0.4, 0.5) is 5.69 Å². The van der Waals surface area contributed by atoms with Gasteiger partial charge in [0.25, 0.3) is 11.6 Å². The second-order valence-electron chi connectivity index (χ2n) is 3.64. The van der Waals surface area contributed by atoms with Crippen molar-refractivity contribution in [1.82, 2.24) is 10.2 Å². The summed E-state index contributed by atoms with van der Waals surface area (Å²) >= 11 is 0. The molecule has 1 aromatic carbocycles. The van der Waals surface area contributed by atoms with Crippen LogP contribution in [0.2, 0.25) is 0 Å². The van der Waals surface area contributed by atoms with E-state index in [0.717, 1.165) is 0 Å². The normalized spacial score (nSPS) is 10.0. The van der Waals surface area contributed by atoms with Gasteiger partial charge in [0.2, 0.25) is 0 Å². The number of nitro benzene ring substituents is 1. The Kier molecular flexibility index (Phi) is 4.59. The van der Waals surface area contributed by atoms with Crippen LogP contribution in [-0.4, -0.2) is 42.9 Å². The van der Waals surface area contributed by atoms with Gasteiger partial charge >= 0.3 is 0 Å². The molecule has 92 valence electrons. The number of carbonyl (C=O) groups is 1. The molecule has 1 aromatic rings. The number of hydrogen-bond acceptors (Lipinski definition) is 4. The minimum Gasteiger partial charge on any atom is -0.340 e. The molecule has 1 rings (SSSR count). The highest BCUT2D eigenvalue weighted by Gasteiger charge is 2.14. The molecule has 6 nitrogen and oxygen atoms in total. The van der Waals surface area contributed by atoms with Gasteiger partial charge in [-0.1, -0.05) is 6.07 Å². The maximum absolute atomic E-state index is 11.9. The third-order valence-electron chi connectivity index (χ3n) is 2.35. The summed E-state index contributed by atoms with van der Waals surface area (Å²) in [4.78, 5) is 23.5. The Morgan fingerprint density at radius 2 is 2.24 bits per heavy atom. The molecule has 0 radical (unpaired) electrons. The third kappa shape index (κ3) is 3.53. The highest BCUT2D eigenvalue weighted by Crippen LogP contribution is 2.14. The number of carbonyl (C=O) groups excluding carboxylic acids is 1. The van der Waals surface area contributed by atoms with E-state index in [4.69, 9.17) is 0 Å². The molecule has 0 aliphatic carbocycles. The molecule has 0 aliphatic rings. The second kappa shape index (κ2) is 5.95. The highest BCUT2D eigenvalue weighted by molar-refractivity contribution is 5.94. The number of benzene rings is 1. The van der Waals surface area contributed by atoms with E-state index in [0.29, 0.717) is 18.7 Å². The highest BCUT2D eigenvalue weighted by atomic mass is 16.6. The van der Waals surface area contributed by atoms with E-state index < -0.39 is 4.92 Å². The SMILES string of the molecule is CNCCN(C)C(=O)c1cccc([N+](=O)[O-])c1. The first-order valence-corrected chi connectivity index (χ1v) is 5.20. The van der Waals surface area contributed by atoms with Crippen LogP contribution in [0.5, 0.6) is 0 Å². The Morgan fingerprint density at radius 1 is 1.53 bits per heavy atom. The molecule has 0 atom stereocenters. The van der Waals surface area contributed by atoms with Crippen molar-refractivity contribution in [2.45, 2.75) is 0 Å². The lowest BCUT2D eigenvalue weighted by atomic mass is 10.2. The van der Waals surface area contributed by atoms with Crippen molar-refractivity contribution in [2.24, 2.45) is 0 Å². The Hall–Kier alpha value is -1.95. The Bertz CT molecular complexity index is 420. The summed E-state index contributed by atoms with van der Waals surface area (Å²) in [6.07, 6.45) is 0. The van der Waals surface area contributed by atoms with Crippen molar-refractivity contribution in [3.8, 4) is 0 Å². The Balaban J connectivity index is 2.81. The minimum absolute atomic E-state index is 0.0714. The summed E-state index contributed by atoms with van der Waals surface area (Å²) < 4.78 is 0. The van der Waals surface area contributed by atoms with Crippen LogP contribution in [0.25, 0.3) is 0 Å². The number of likely N-dealkylation sites (N-methyl/N-ethyl adjacent to an activating group) is 2. The predicted molar refractivity (Wildman–Crippen MR) is 64.0 cm³/mol. The van der Waals surface area contributed by atoms with Crippen molar-refractivity contribution in [2.75, 3.05) is 27.2 Å². The van der Waals surface area contributed by atoms with E-state index >= 15 is 0 Å². The first-order valence-electron chi connectivity index (χ1n) is 5.20. The van der Waals surface area contributed by atoms with E-state index in [1.807, 2.05) is 0 Å². The lowest BCUT2D eigenvalue weighted by Gasteiger charge is -2.16. The van der Waals surface area contributed by atoms with Crippen molar-refractivity contribution in [3.63, 3.8) is 0 Å². The lowest BCUT2D eigenvalue weighted by Crippen LogP contribution is -2.32. The molecule has 6 heteroatoms. The summed E-state index contributed by atoms with van der Waals surface area (Å²) in [5.74, 6) is -0.219. The van der Waals surface area contributed by atoms with Crippen LogP contribution in [0.15, 0.2) is 24.3 Å². The molecule has 0 unspecified atom stereocenters. The van der Waals surface area contributed by atoms with E-state index in [1.165, 1.54) is 23.1 Å². The molecule has 0 saturated carbocycles. The van der Waals surface area contributed by atoms with Crippen LogP contribution in [0, 0.1) is 10.1 Å². The fourth-order valence-corrected chi connectivity index (χ4v) is 1.35. The van der Waals surface area contributed by atoms with Gasteiger partial charge in [0.15, 0.2) is 0 Å². The first-order chi connectivity index (χ1) is 8.06. The van der Waals surface area contributed by atoms with Gasteiger partial charge < -0.3 is 10.2 Å². The van der Waals surface area contributed by atoms with Gasteiger partial charge in [-0.3, -0.25) is 14.9 Å². The number of nitro groups is 1. The van der Waals surface area contributed by atoms with Crippen molar-refractivity contribution in [3.05, 3.63) is 39.9 Å². The zero-order valence-corrected chi connectivity index (χ0v) is 9.84. The van der Waals surface area contributed by atoms with Gasteiger partial charge in [0.05, 0.1) is 4.92 Å². The summed E-state index contributed by atoms with van der Waals surface area (Å²) in [7, 11) is 3.46. The third-order valence-corrected chi connectivity index (χ3v) is 2.35. The van der Waals surface area contributed by atoms with Crippen molar-refractivity contribution in [1.29, 1.82) is 0 Å². The van der Waals surface area contributed by atoms with Crippen LogP contribution >= 0.6 is 0 Å². The molecular formula is C11H15N3O3. The summed E-state index contributed by atoms with van der Waals surface area (Å²) in [5.41, 5.74) is 0.260. The topological polar surface area (TPSA) is 75.5 Å². The molecular weight excluding hydrogens is 222 g/mol. The summed E-state index contributed by atoms with van der Waals surface area (Å²) in [6, 6.07) is 5.74.